The molecular formula is C9H4FNS2. The Hall–Kier alpha value is -1.05. The lowest BCUT2D eigenvalue weighted by atomic mass is 10.2. The highest BCUT2D eigenvalue weighted by atomic mass is 32.1. The molecule has 1 aromatic heterocycles. The molecule has 1 heterocycles. The Morgan fingerprint density at radius 3 is 2.92 bits per heavy atom. The summed E-state index contributed by atoms with van der Waals surface area (Å²) in [6, 6.07) is 4.81. The standard InChI is InChI=1S/C9H4FNS2/c10-6-1-5(3-11)2-8-9(6)7(12)4-13-8/h1-2,4,12H. The predicted octanol–water partition coefficient (Wildman–Crippen LogP) is 3.20. The highest BCUT2D eigenvalue weighted by Crippen LogP contribution is 2.31. The molecule has 0 saturated heterocycles. The van der Waals surface area contributed by atoms with E-state index < -0.39 is 0 Å². The lowest BCUT2D eigenvalue weighted by molar-refractivity contribution is 0.638. The molecular weight excluding hydrogens is 205 g/mol. The maximum atomic E-state index is 13.3. The van der Waals surface area contributed by atoms with Crippen molar-refractivity contribution >= 4 is 34.1 Å². The van der Waals surface area contributed by atoms with Crippen LogP contribution in [0.2, 0.25) is 0 Å². The maximum Gasteiger partial charge on any atom is 0.134 e. The summed E-state index contributed by atoms with van der Waals surface area (Å²) >= 11 is 5.51. The molecule has 13 heavy (non-hydrogen) atoms. The molecule has 4 heteroatoms. The van der Waals surface area contributed by atoms with Crippen molar-refractivity contribution in [3.63, 3.8) is 0 Å². The van der Waals surface area contributed by atoms with Gasteiger partial charge in [-0.25, -0.2) is 4.39 Å². The van der Waals surface area contributed by atoms with E-state index >= 15 is 0 Å². The number of hydrogen-bond donors (Lipinski definition) is 1. The molecule has 0 radical (unpaired) electrons. The van der Waals surface area contributed by atoms with E-state index in [0.29, 0.717) is 15.8 Å². The lowest BCUT2D eigenvalue weighted by Crippen LogP contribution is -1.79. The van der Waals surface area contributed by atoms with Crippen LogP contribution in [0, 0.1) is 17.1 Å². The molecule has 0 aliphatic rings. The van der Waals surface area contributed by atoms with E-state index in [0.717, 1.165) is 4.70 Å². The Morgan fingerprint density at radius 1 is 1.46 bits per heavy atom. The van der Waals surface area contributed by atoms with Gasteiger partial charge >= 0.3 is 0 Å². The Labute approximate surface area is 83.8 Å². The minimum atomic E-state index is -0.375. The van der Waals surface area contributed by atoms with E-state index in [1.165, 1.54) is 17.4 Å². The second-order valence-corrected chi connectivity index (χ2v) is 3.96. The first-order chi connectivity index (χ1) is 6.22. The van der Waals surface area contributed by atoms with E-state index in [1.807, 2.05) is 6.07 Å². The SMILES string of the molecule is N#Cc1cc(F)c2c(S)csc2c1. The fraction of sp³-hybridized carbons (Fsp3) is 0. The van der Waals surface area contributed by atoms with Gasteiger partial charge in [0.1, 0.15) is 5.82 Å². The minimum absolute atomic E-state index is 0.347. The van der Waals surface area contributed by atoms with Crippen LogP contribution >= 0.6 is 24.0 Å². The Kier molecular flexibility index (Phi) is 1.98. The second kappa shape index (κ2) is 3.02. The number of rotatable bonds is 0. The molecule has 0 spiro atoms. The van der Waals surface area contributed by atoms with E-state index in [2.05, 4.69) is 12.6 Å². The van der Waals surface area contributed by atoms with Crippen LogP contribution in [-0.4, -0.2) is 0 Å². The highest BCUT2D eigenvalue weighted by molar-refractivity contribution is 7.80. The molecule has 2 rings (SSSR count). The van der Waals surface area contributed by atoms with Crippen molar-refractivity contribution < 1.29 is 4.39 Å². The Balaban J connectivity index is 2.89. The second-order valence-electron chi connectivity index (χ2n) is 2.56. The van der Waals surface area contributed by atoms with Crippen LogP contribution in [0.4, 0.5) is 4.39 Å². The zero-order chi connectivity index (χ0) is 9.42. The Morgan fingerprint density at radius 2 is 2.23 bits per heavy atom. The van der Waals surface area contributed by atoms with E-state index in [1.54, 1.807) is 11.4 Å². The summed E-state index contributed by atoms with van der Waals surface area (Å²) in [6.45, 7) is 0. The zero-order valence-corrected chi connectivity index (χ0v) is 8.12. The fourth-order valence-electron chi connectivity index (χ4n) is 1.17. The molecule has 0 unspecified atom stereocenters. The van der Waals surface area contributed by atoms with Gasteiger partial charge in [-0.3, -0.25) is 0 Å². The monoisotopic (exact) mass is 209 g/mol. The van der Waals surface area contributed by atoms with Gasteiger partial charge < -0.3 is 0 Å². The number of thiol groups is 1. The topological polar surface area (TPSA) is 23.8 Å². The fourth-order valence-corrected chi connectivity index (χ4v) is 2.50. The molecule has 0 aliphatic carbocycles. The first-order valence-corrected chi connectivity index (χ1v) is 4.85. The van der Waals surface area contributed by atoms with Gasteiger partial charge in [0.15, 0.2) is 0 Å². The first-order valence-electron chi connectivity index (χ1n) is 3.52. The molecule has 0 bridgehead atoms. The highest BCUT2D eigenvalue weighted by Gasteiger charge is 2.08. The molecule has 0 saturated carbocycles. The maximum absolute atomic E-state index is 13.3. The smallest absolute Gasteiger partial charge is 0.134 e. The van der Waals surface area contributed by atoms with Gasteiger partial charge in [0.2, 0.25) is 0 Å². The largest absolute Gasteiger partial charge is 0.206 e. The minimum Gasteiger partial charge on any atom is -0.206 e. The third kappa shape index (κ3) is 1.30. The molecule has 64 valence electrons. The van der Waals surface area contributed by atoms with Gasteiger partial charge in [-0.05, 0) is 12.1 Å². The number of thiophene rings is 1. The molecule has 0 amide bonds. The molecule has 0 atom stereocenters. The van der Waals surface area contributed by atoms with Gasteiger partial charge in [-0.1, -0.05) is 0 Å². The summed E-state index contributed by atoms with van der Waals surface area (Å²) in [4.78, 5) is 0.627. The summed E-state index contributed by atoms with van der Waals surface area (Å²) in [5.74, 6) is -0.375. The molecule has 0 aliphatic heterocycles. The van der Waals surface area contributed by atoms with Gasteiger partial charge in [0.25, 0.3) is 0 Å². The van der Waals surface area contributed by atoms with Crippen molar-refractivity contribution in [2.24, 2.45) is 0 Å². The van der Waals surface area contributed by atoms with Gasteiger partial charge in [0, 0.05) is 20.4 Å². The summed E-state index contributed by atoms with van der Waals surface area (Å²) in [5, 5.41) is 10.9. The van der Waals surface area contributed by atoms with Gasteiger partial charge in [0.05, 0.1) is 11.6 Å². The third-order valence-electron chi connectivity index (χ3n) is 1.74. The van der Waals surface area contributed by atoms with Gasteiger partial charge in [-0.2, -0.15) is 5.26 Å². The van der Waals surface area contributed by atoms with Crippen LogP contribution in [0.3, 0.4) is 0 Å². The van der Waals surface area contributed by atoms with Crippen molar-refractivity contribution in [3.8, 4) is 6.07 Å². The third-order valence-corrected chi connectivity index (χ3v) is 3.19. The van der Waals surface area contributed by atoms with Crippen molar-refractivity contribution in [2.45, 2.75) is 4.90 Å². The van der Waals surface area contributed by atoms with E-state index in [-0.39, 0.29) is 5.82 Å². The number of halogens is 1. The summed E-state index contributed by atoms with van der Waals surface area (Å²) in [5.41, 5.74) is 0.347. The summed E-state index contributed by atoms with van der Waals surface area (Å²) < 4.78 is 14.1. The van der Waals surface area contributed by atoms with Crippen LogP contribution < -0.4 is 0 Å². The van der Waals surface area contributed by atoms with Crippen LogP contribution in [0.15, 0.2) is 22.4 Å². The van der Waals surface area contributed by atoms with Crippen molar-refractivity contribution in [1.82, 2.24) is 0 Å². The molecule has 0 N–H and O–H groups in total. The lowest BCUT2D eigenvalue weighted by Gasteiger charge is -1.94. The van der Waals surface area contributed by atoms with E-state index in [9.17, 15) is 4.39 Å². The van der Waals surface area contributed by atoms with Crippen LogP contribution in [0.5, 0.6) is 0 Å². The normalized spacial score (nSPS) is 10.2. The van der Waals surface area contributed by atoms with Crippen molar-refractivity contribution in [1.29, 1.82) is 5.26 Å². The predicted molar refractivity (Wildman–Crippen MR) is 53.8 cm³/mol. The number of nitrogens with zero attached hydrogens (tertiary/aromatic N) is 1. The number of hydrogen-bond acceptors (Lipinski definition) is 3. The molecule has 0 fully saturated rings. The quantitative estimate of drug-likeness (QED) is 0.662. The zero-order valence-electron chi connectivity index (χ0n) is 6.41. The number of fused-ring (bicyclic) bond motifs is 1. The van der Waals surface area contributed by atoms with Crippen molar-refractivity contribution in [3.05, 3.63) is 28.9 Å². The average Bonchev–Trinajstić information content (AvgIpc) is 2.48. The van der Waals surface area contributed by atoms with Gasteiger partial charge in [-0.15, -0.1) is 24.0 Å². The van der Waals surface area contributed by atoms with Crippen LogP contribution in [-0.2, 0) is 0 Å². The first kappa shape index (κ1) is 8.54. The molecule has 1 aromatic carbocycles. The summed E-state index contributed by atoms with van der Waals surface area (Å²) in [6.07, 6.45) is 0. The van der Waals surface area contributed by atoms with Crippen LogP contribution in [0.25, 0.3) is 10.1 Å². The Bertz CT molecular complexity index is 510. The number of benzene rings is 1. The number of nitriles is 1. The van der Waals surface area contributed by atoms with Crippen LogP contribution in [0.1, 0.15) is 5.56 Å². The molecule has 2 aromatic rings. The summed E-state index contributed by atoms with van der Waals surface area (Å²) in [7, 11) is 0. The van der Waals surface area contributed by atoms with E-state index in [4.69, 9.17) is 5.26 Å². The van der Waals surface area contributed by atoms with Crippen molar-refractivity contribution in [2.75, 3.05) is 0 Å². The average molecular weight is 209 g/mol. The molecule has 1 nitrogen and oxygen atoms in total.